The summed E-state index contributed by atoms with van der Waals surface area (Å²) >= 11 is 0. The fourth-order valence-corrected chi connectivity index (χ4v) is 27.2. The van der Waals surface area contributed by atoms with Gasteiger partial charge < -0.3 is 0 Å². The SMILES string of the molecule is CC(C)=C[C@@H]1C(C)=CC[C@@H](c2ccccc2)C23c4c5c6c7c8c9c(c%10c%11c2c2c4c4c%12c5c5c6c6c8c8c%13c9c9c%10c%10c%11c%11c2c2c4c4c%12c%12c5c5c6c8c6c8c%13c9c9c%10c%10c%11c2c2c4c4c%12c5c6c5c8c9c%10c2c45)C713. The molecule has 0 aliphatic heterocycles. The highest BCUT2D eigenvalue weighted by molar-refractivity contribution is 6.82. The van der Waals surface area contributed by atoms with Crippen LogP contribution in [0.4, 0.5) is 0 Å². The van der Waals surface area contributed by atoms with Crippen LogP contribution < -0.4 is 0 Å². The van der Waals surface area contributed by atoms with E-state index in [0.717, 1.165) is 6.42 Å². The monoisotopic (exact) mass is 932 g/mol. The van der Waals surface area contributed by atoms with Crippen LogP contribution in [0.3, 0.4) is 0 Å². The first-order valence-corrected chi connectivity index (χ1v) is 28.8. The highest BCUT2D eigenvalue weighted by Gasteiger charge is 2.74. The highest BCUT2D eigenvalue weighted by Crippen LogP contribution is 2.87. The van der Waals surface area contributed by atoms with Crippen molar-refractivity contribution in [2.24, 2.45) is 5.92 Å². The first-order valence-electron chi connectivity index (χ1n) is 28.8. The summed E-state index contributed by atoms with van der Waals surface area (Å²) in [5.74, 6) is 0.414. The van der Waals surface area contributed by atoms with Gasteiger partial charge in [0.25, 0.3) is 0 Å². The van der Waals surface area contributed by atoms with Gasteiger partial charge >= 0.3 is 0 Å². The third kappa shape index (κ3) is 1.67. The lowest BCUT2D eigenvalue weighted by Crippen LogP contribution is -2.58. The van der Waals surface area contributed by atoms with Crippen LogP contribution in [0.5, 0.6) is 0 Å². The molecule has 29 aromatic carbocycles. The third-order valence-corrected chi connectivity index (χ3v) is 27.3. The average molecular weight is 933 g/mol. The van der Waals surface area contributed by atoms with E-state index in [2.05, 4.69) is 63.3 Å². The standard InChI is InChI=1S/C76H20/c1-12(2)11-16-13(3)9-10-15(14-7-5-4-6-8-14)75-71-63-55-45-35-27-19-17-18-21-25-23(19)31-39-33(25)43-37-29(21)30-22(18)26-24-20(17)28(27)36-42-32(24)40-34(26)44-38(30)48-47(37)57-51(43)61-53(39)59(49(55)41(31)35)65(71)69(61)73-67(57)68-58(48)52(44)62-54(40)60-50(42)56(46(36)45)64(63)72(75)66(60)70(62)74(68)76(16,73)75/h4-9,11,15-16H,10H2,1-3H3/t15-,16+,75?,76?/m0/s1. The summed E-state index contributed by atoms with van der Waals surface area (Å²) in [6.45, 7) is 7.50. The second-order valence-corrected chi connectivity index (χ2v) is 28.2. The molecule has 0 radical (unpaired) electrons. The van der Waals surface area contributed by atoms with Gasteiger partial charge in [-0.05, 0) is 346 Å². The molecule has 34 rings (SSSR count). The van der Waals surface area contributed by atoms with Crippen LogP contribution in [-0.4, -0.2) is 0 Å². The molecule has 0 nitrogen and oxygen atoms in total. The largest absolute Gasteiger partial charge is 0.0843 e. The zero-order chi connectivity index (χ0) is 46.0. The topological polar surface area (TPSA) is 0 Å². The number of allylic oxidation sites excluding steroid dienone is 4. The summed E-state index contributed by atoms with van der Waals surface area (Å²) in [7, 11) is 0. The molecule has 0 bridgehead atoms. The Morgan fingerprint density at radius 3 is 0.737 bits per heavy atom. The van der Waals surface area contributed by atoms with Crippen molar-refractivity contribution in [3.63, 3.8) is 0 Å². The van der Waals surface area contributed by atoms with E-state index in [-0.39, 0.29) is 22.7 Å². The number of benzene rings is 19. The normalized spacial score (nSPS) is 23.9. The third-order valence-electron chi connectivity index (χ3n) is 27.3. The Morgan fingerprint density at radius 2 is 0.513 bits per heavy atom. The Labute approximate surface area is 419 Å². The molecule has 76 heavy (non-hydrogen) atoms. The molecule has 0 N–H and O–H groups in total. The molecule has 0 amide bonds. The van der Waals surface area contributed by atoms with E-state index in [1.165, 1.54) is 5.57 Å². The minimum Gasteiger partial charge on any atom is -0.0843 e. The lowest BCUT2D eigenvalue weighted by molar-refractivity contribution is 0.237. The number of hydrogen-bond acceptors (Lipinski definition) is 0. The van der Waals surface area contributed by atoms with Gasteiger partial charge in [-0.3, -0.25) is 0 Å². The molecule has 2 spiro atoms. The van der Waals surface area contributed by atoms with Crippen molar-refractivity contribution in [1.29, 1.82) is 0 Å². The highest BCUT2D eigenvalue weighted by atomic mass is 14.7. The molecule has 0 heterocycles. The Kier molecular flexibility index (Phi) is 2.76. The van der Waals surface area contributed by atoms with Crippen molar-refractivity contribution in [2.75, 3.05) is 0 Å². The van der Waals surface area contributed by atoms with Crippen LogP contribution in [0.15, 0.2) is 53.6 Å². The summed E-state index contributed by atoms with van der Waals surface area (Å²) in [5, 5.41) is 90.4. The molecule has 2 atom stereocenters. The molecule has 0 heteroatoms. The van der Waals surface area contributed by atoms with Crippen molar-refractivity contribution >= 4 is 291 Å². The Balaban J connectivity index is 1.15. The van der Waals surface area contributed by atoms with Crippen molar-refractivity contribution < 1.29 is 0 Å². The molecule has 5 aliphatic rings. The minimum absolute atomic E-state index is 0.182. The van der Waals surface area contributed by atoms with Crippen LogP contribution in [0.2, 0.25) is 0 Å². The second-order valence-electron chi connectivity index (χ2n) is 28.2. The maximum Gasteiger partial charge on any atom is 0.0472 e. The van der Waals surface area contributed by atoms with E-state index in [9.17, 15) is 0 Å². The van der Waals surface area contributed by atoms with Crippen molar-refractivity contribution in [2.45, 2.75) is 43.9 Å². The lowest BCUT2D eigenvalue weighted by Gasteiger charge is -2.59. The predicted molar refractivity (Wildman–Crippen MR) is 324 cm³/mol. The van der Waals surface area contributed by atoms with E-state index in [4.69, 9.17) is 0 Å². The van der Waals surface area contributed by atoms with Gasteiger partial charge in [-0.25, -0.2) is 0 Å². The summed E-state index contributed by atoms with van der Waals surface area (Å²) in [6.07, 6.45) is 6.72. The Morgan fingerprint density at radius 1 is 0.303 bits per heavy atom. The van der Waals surface area contributed by atoms with Gasteiger partial charge in [0.15, 0.2) is 0 Å². The number of hydrogen-bond donors (Lipinski definition) is 0. The first-order chi connectivity index (χ1) is 37.7. The van der Waals surface area contributed by atoms with Gasteiger partial charge in [0.05, 0.1) is 0 Å². The summed E-state index contributed by atoms with van der Waals surface area (Å²) in [4.78, 5) is 0. The zero-order valence-electron chi connectivity index (χ0n) is 40.4. The molecule has 5 aliphatic carbocycles. The first kappa shape index (κ1) is 29.9. The molecule has 0 fully saturated rings. The van der Waals surface area contributed by atoms with Gasteiger partial charge in [0, 0.05) is 22.7 Å². The average Bonchev–Trinajstić information content (AvgIpc) is 1.63. The fraction of sp³-hybridized carbons (Fsp3) is 0.105. The van der Waals surface area contributed by atoms with Crippen LogP contribution in [0.1, 0.15) is 60.9 Å². The van der Waals surface area contributed by atoms with Gasteiger partial charge in [-0.2, -0.15) is 0 Å². The van der Waals surface area contributed by atoms with Crippen LogP contribution in [0, 0.1) is 5.92 Å². The molecule has 324 valence electrons. The molecule has 0 saturated heterocycles. The minimum atomic E-state index is -0.382. The summed E-state index contributed by atoms with van der Waals surface area (Å²) in [6, 6.07) is 12.3. The quantitative estimate of drug-likeness (QED) is 0.120. The van der Waals surface area contributed by atoms with E-state index in [1.807, 2.05) is 0 Å². The molecule has 29 aromatic rings. The maximum absolute atomic E-state index is 2.87. The van der Waals surface area contributed by atoms with Gasteiger partial charge in [0.2, 0.25) is 0 Å². The Hall–Kier alpha value is -8.84. The van der Waals surface area contributed by atoms with Gasteiger partial charge in [0.1, 0.15) is 0 Å². The number of rotatable bonds is 2. The van der Waals surface area contributed by atoms with E-state index in [1.54, 1.807) is 324 Å². The molecule has 0 aromatic heterocycles. The molecule has 0 saturated carbocycles. The molecular formula is C76H20. The predicted octanol–water partition coefficient (Wildman–Crippen LogP) is 21.0. The van der Waals surface area contributed by atoms with Crippen molar-refractivity contribution in [1.82, 2.24) is 0 Å². The van der Waals surface area contributed by atoms with Crippen molar-refractivity contribution in [3.05, 3.63) is 81.4 Å². The second kappa shape index (κ2) is 7.01. The van der Waals surface area contributed by atoms with Crippen LogP contribution >= 0.6 is 0 Å². The van der Waals surface area contributed by atoms with E-state index in [0.29, 0.717) is 0 Å². The fourth-order valence-electron chi connectivity index (χ4n) is 27.2. The van der Waals surface area contributed by atoms with Gasteiger partial charge in [-0.15, -0.1) is 0 Å². The van der Waals surface area contributed by atoms with Crippen LogP contribution in [0.25, 0.3) is 291 Å². The molecule has 0 unspecified atom stereocenters. The summed E-state index contributed by atoms with van der Waals surface area (Å²) in [5.41, 5.74) is 11.0. The maximum atomic E-state index is 2.87. The van der Waals surface area contributed by atoms with Crippen molar-refractivity contribution in [3.8, 4) is 0 Å². The Bertz CT molecular complexity index is 7480. The van der Waals surface area contributed by atoms with Gasteiger partial charge in [-0.1, -0.05) is 53.6 Å². The zero-order valence-corrected chi connectivity index (χ0v) is 40.4. The molecular weight excluding hydrogens is 913 g/mol. The lowest BCUT2D eigenvalue weighted by atomic mass is 9.40. The van der Waals surface area contributed by atoms with E-state index >= 15 is 0 Å². The smallest absolute Gasteiger partial charge is 0.0472 e. The van der Waals surface area contributed by atoms with E-state index < -0.39 is 0 Å². The van der Waals surface area contributed by atoms with Crippen LogP contribution in [-0.2, 0) is 10.8 Å². The summed E-state index contributed by atoms with van der Waals surface area (Å²) < 4.78 is 0.